The second-order valence-electron chi connectivity index (χ2n) is 4.55. The Hall–Kier alpha value is -2.11. The molecule has 6 heteroatoms. The van der Waals surface area contributed by atoms with Gasteiger partial charge in [-0.2, -0.15) is 0 Å². The average molecular weight is 307 g/mol. The highest BCUT2D eigenvalue weighted by Crippen LogP contribution is 2.23. The summed E-state index contributed by atoms with van der Waals surface area (Å²) >= 11 is 5.88. The van der Waals surface area contributed by atoms with E-state index in [-0.39, 0.29) is 12.3 Å². The predicted molar refractivity (Wildman–Crippen MR) is 82.7 cm³/mol. The Morgan fingerprint density at radius 1 is 1.19 bits per heavy atom. The molecule has 0 radical (unpaired) electrons. The molecule has 0 spiro atoms. The number of hydrogen-bond donors (Lipinski definition) is 2. The van der Waals surface area contributed by atoms with Crippen LogP contribution in [0, 0.1) is 10.1 Å². The van der Waals surface area contributed by atoms with Crippen molar-refractivity contribution in [2.75, 3.05) is 11.9 Å². The zero-order valence-corrected chi connectivity index (χ0v) is 12.0. The second-order valence-corrected chi connectivity index (χ2v) is 4.99. The number of aliphatic hydroxyl groups is 1. The maximum Gasteiger partial charge on any atom is 0.274 e. The number of halogens is 1. The number of nitro groups is 1. The van der Waals surface area contributed by atoms with E-state index in [4.69, 9.17) is 16.7 Å². The molecule has 0 atom stereocenters. The van der Waals surface area contributed by atoms with Gasteiger partial charge in [0.2, 0.25) is 0 Å². The number of rotatable bonds is 6. The summed E-state index contributed by atoms with van der Waals surface area (Å²) in [5.41, 5.74) is 2.47. The number of anilines is 1. The van der Waals surface area contributed by atoms with Crippen LogP contribution in [0.2, 0.25) is 5.02 Å². The molecule has 110 valence electrons. The molecule has 0 aliphatic heterocycles. The summed E-state index contributed by atoms with van der Waals surface area (Å²) in [7, 11) is 0. The molecule has 2 aromatic carbocycles. The van der Waals surface area contributed by atoms with Crippen molar-refractivity contribution in [1.82, 2.24) is 0 Å². The van der Waals surface area contributed by atoms with Crippen LogP contribution in [0.3, 0.4) is 0 Å². The smallest absolute Gasteiger partial charge is 0.274 e. The third-order valence-corrected chi connectivity index (χ3v) is 3.31. The van der Waals surface area contributed by atoms with Gasteiger partial charge < -0.3 is 10.4 Å². The summed E-state index contributed by atoms with van der Waals surface area (Å²) in [6, 6.07) is 12.1. The SMILES string of the molecule is O=[N+]([O-])c1ccc(Cl)cc1CNc1ccc(CCO)cc1. The maximum atomic E-state index is 11.0. The number of nitrogens with zero attached hydrogens (tertiary/aromatic N) is 1. The van der Waals surface area contributed by atoms with E-state index in [0.29, 0.717) is 23.6 Å². The van der Waals surface area contributed by atoms with Gasteiger partial charge in [-0.25, -0.2) is 0 Å². The first kappa shape index (κ1) is 15.3. The Bertz CT molecular complexity index is 629. The van der Waals surface area contributed by atoms with Crippen LogP contribution < -0.4 is 5.32 Å². The molecule has 5 nitrogen and oxygen atoms in total. The zero-order chi connectivity index (χ0) is 15.2. The molecule has 0 heterocycles. The summed E-state index contributed by atoms with van der Waals surface area (Å²) in [5, 5.41) is 23.4. The van der Waals surface area contributed by atoms with Crippen molar-refractivity contribution < 1.29 is 10.0 Å². The van der Waals surface area contributed by atoms with Gasteiger partial charge in [0.25, 0.3) is 5.69 Å². The molecule has 21 heavy (non-hydrogen) atoms. The monoisotopic (exact) mass is 306 g/mol. The zero-order valence-electron chi connectivity index (χ0n) is 11.3. The molecule has 0 aliphatic rings. The fraction of sp³-hybridized carbons (Fsp3) is 0.200. The fourth-order valence-electron chi connectivity index (χ4n) is 1.99. The molecule has 0 aliphatic carbocycles. The largest absolute Gasteiger partial charge is 0.396 e. The summed E-state index contributed by atoms with van der Waals surface area (Å²) in [5.74, 6) is 0. The Balaban J connectivity index is 2.08. The molecule has 0 bridgehead atoms. The number of hydrogen-bond acceptors (Lipinski definition) is 4. The number of nitro benzene ring substituents is 1. The van der Waals surface area contributed by atoms with Crippen LogP contribution in [0.25, 0.3) is 0 Å². The molecule has 0 unspecified atom stereocenters. The second kappa shape index (κ2) is 7.06. The van der Waals surface area contributed by atoms with Crippen molar-refractivity contribution >= 4 is 23.0 Å². The molecule has 0 saturated heterocycles. The number of aliphatic hydroxyl groups excluding tert-OH is 1. The van der Waals surface area contributed by atoms with E-state index in [1.807, 2.05) is 24.3 Å². The lowest BCUT2D eigenvalue weighted by Gasteiger charge is -2.08. The minimum atomic E-state index is -0.419. The van der Waals surface area contributed by atoms with Crippen LogP contribution in [-0.2, 0) is 13.0 Å². The molecule has 0 saturated carbocycles. The van der Waals surface area contributed by atoms with E-state index in [9.17, 15) is 10.1 Å². The Morgan fingerprint density at radius 3 is 2.52 bits per heavy atom. The lowest BCUT2D eigenvalue weighted by molar-refractivity contribution is -0.385. The molecule has 0 aromatic heterocycles. The van der Waals surface area contributed by atoms with Gasteiger partial charge in [0.1, 0.15) is 0 Å². The third-order valence-electron chi connectivity index (χ3n) is 3.08. The quantitative estimate of drug-likeness (QED) is 0.633. The van der Waals surface area contributed by atoms with E-state index in [0.717, 1.165) is 11.3 Å². The van der Waals surface area contributed by atoms with Crippen LogP contribution in [-0.4, -0.2) is 16.6 Å². The molecular weight excluding hydrogens is 292 g/mol. The van der Waals surface area contributed by atoms with E-state index in [1.54, 1.807) is 6.07 Å². The minimum Gasteiger partial charge on any atom is -0.396 e. The van der Waals surface area contributed by atoms with Crippen molar-refractivity contribution in [3.8, 4) is 0 Å². The van der Waals surface area contributed by atoms with Crippen molar-refractivity contribution in [3.05, 3.63) is 68.7 Å². The van der Waals surface area contributed by atoms with Gasteiger partial charge in [-0.05, 0) is 36.2 Å². The van der Waals surface area contributed by atoms with Crippen molar-refractivity contribution in [2.24, 2.45) is 0 Å². The molecule has 0 amide bonds. The first-order chi connectivity index (χ1) is 10.1. The van der Waals surface area contributed by atoms with E-state index in [1.165, 1.54) is 12.1 Å². The first-order valence-corrected chi connectivity index (χ1v) is 6.84. The van der Waals surface area contributed by atoms with Crippen LogP contribution in [0.15, 0.2) is 42.5 Å². The average Bonchev–Trinajstić information content (AvgIpc) is 2.46. The third kappa shape index (κ3) is 4.18. The van der Waals surface area contributed by atoms with Gasteiger partial charge in [0.15, 0.2) is 0 Å². The topological polar surface area (TPSA) is 75.4 Å². The van der Waals surface area contributed by atoms with Crippen LogP contribution in [0.5, 0.6) is 0 Å². The normalized spacial score (nSPS) is 10.4. The fourth-order valence-corrected chi connectivity index (χ4v) is 2.18. The van der Waals surface area contributed by atoms with Gasteiger partial charge >= 0.3 is 0 Å². The van der Waals surface area contributed by atoms with Gasteiger partial charge in [-0.3, -0.25) is 10.1 Å². The standard InChI is InChI=1S/C15H15ClN2O3/c16-13-3-6-15(18(20)21)12(9-13)10-17-14-4-1-11(2-5-14)7-8-19/h1-6,9,17,19H,7-8,10H2. The summed E-state index contributed by atoms with van der Waals surface area (Å²) in [4.78, 5) is 10.6. The minimum absolute atomic E-state index is 0.0452. The Labute approximate surface area is 127 Å². The van der Waals surface area contributed by atoms with Crippen LogP contribution in [0.4, 0.5) is 11.4 Å². The van der Waals surface area contributed by atoms with E-state index < -0.39 is 4.92 Å². The molecule has 2 rings (SSSR count). The highest BCUT2D eigenvalue weighted by Gasteiger charge is 2.13. The number of nitrogens with one attached hydrogen (secondary N) is 1. The summed E-state index contributed by atoms with van der Waals surface area (Å²) < 4.78 is 0. The van der Waals surface area contributed by atoms with Crippen molar-refractivity contribution in [3.63, 3.8) is 0 Å². The van der Waals surface area contributed by atoms with Gasteiger partial charge in [-0.1, -0.05) is 23.7 Å². The van der Waals surface area contributed by atoms with Crippen LogP contribution in [0.1, 0.15) is 11.1 Å². The molecule has 0 fully saturated rings. The molecule has 2 aromatic rings. The Kier molecular flexibility index (Phi) is 5.14. The maximum absolute atomic E-state index is 11.0. The van der Waals surface area contributed by atoms with Crippen LogP contribution >= 0.6 is 11.6 Å². The highest BCUT2D eigenvalue weighted by molar-refractivity contribution is 6.30. The van der Waals surface area contributed by atoms with Crippen molar-refractivity contribution in [1.29, 1.82) is 0 Å². The molecular formula is C15H15ClN2O3. The first-order valence-electron chi connectivity index (χ1n) is 6.46. The summed E-state index contributed by atoms with van der Waals surface area (Å²) in [6.07, 6.45) is 0.611. The van der Waals surface area contributed by atoms with Gasteiger partial charge in [0.05, 0.1) is 10.5 Å². The number of benzene rings is 2. The van der Waals surface area contributed by atoms with Gasteiger partial charge in [0, 0.05) is 29.9 Å². The summed E-state index contributed by atoms with van der Waals surface area (Å²) in [6.45, 7) is 0.428. The lowest BCUT2D eigenvalue weighted by Crippen LogP contribution is -2.03. The van der Waals surface area contributed by atoms with E-state index >= 15 is 0 Å². The predicted octanol–water partition coefficient (Wildman–Crippen LogP) is 3.40. The molecule has 2 N–H and O–H groups in total. The lowest BCUT2D eigenvalue weighted by atomic mass is 10.1. The highest BCUT2D eigenvalue weighted by atomic mass is 35.5. The Morgan fingerprint density at radius 2 is 1.90 bits per heavy atom. The van der Waals surface area contributed by atoms with Gasteiger partial charge in [-0.15, -0.1) is 0 Å². The van der Waals surface area contributed by atoms with Crippen molar-refractivity contribution in [2.45, 2.75) is 13.0 Å². The van der Waals surface area contributed by atoms with E-state index in [2.05, 4.69) is 5.32 Å².